The predicted molar refractivity (Wildman–Crippen MR) is 130 cm³/mol. The number of carbonyl (C=O) groups is 2. The van der Waals surface area contributed by atoms with E-state index in [9.17, 15) is 22.8 Å². The van der Waals surface area contributed by atoms with Crippen LogP contribution in [-0.2, 0) is 4.79 Å². The van der Waals surface area contributed by atoms with Crippen LogP contribution in [0, 0.1) is 0 Å². The second kappa shape index (κ2) is 12.7. The molecule has 1 aliphatic heterocycles. The van der Waals surface area contributed by atoms with Crippen LogP contribution in [0.4, 0.5) is 18.9 Å². The number of hydrogen-bond acceptors (Lipinski definition) is 7. The third-order valence-electron chi connectivity index (χ3n) is 5.90. The smallest absolute Gasteiger partial charge is 0.471 e. The number of ether oxygens (including phenoxy) is 1. The molecule has 0 radical (unpaired) electrons. The number of benzene rings is 1. The van der Waals surface area contributed by atoms with Crippen molar-refractivity contribution in [1.82, 2.24) is 24.8 Å². The molecule has 0 atom stereocenters. The minimum absolute atomic E-state index is 0.0180. The van der Waals surface area contributed by atoms with Gasteiger partial charge in [0.05, 0.1) is 19.4 Å². The summed E-state index contributed by atoms with van der Waals surface area (Å²) in [6, 6.07) is 4.18. The lowest BCUT2D eigenvalue weighted by Gasteiger charge is -2.33. The molecule has 1 saturated heterocycles. The summed E-state index contributed by atoms with van der Waals surface area (Å²) in [7, 11) is 0. The van der Waals surface area contributed by atoms with Crippen LogP contribution in [-0.4, -0.2) is 100 Å². The number of amides is 2. The molecule has 0 saturated carbocycles. The first-order chi connectivity index (χ1) is 17.7. The normalized spacial score (nSPS) is 14.5. The summed E-state index contributed by atoms with van der Waals surface area (Å²) in [5.74, 6) is -2.09. The zero-order valence-corrected chi connectivity index (χ0v) is 20.7. The van der Waals surface area contributed by atoms with Crippen LogP contribution in [0.1, 0.15) is 30.3 Å². The fourth-order valence-corrected chi connectivity index (χ4v) is 3.94. The van der Waals surface area contributed by atoms with Gasteiger partial charge >= 0.3 is 12.1 Å². The van der Waals surface area contributed by atoms with E-state index in [1.807, 2.05) is 0 Å². The highest BCUT2D eigenvalue weighted by molar-refractivity contribution is 5.97. The van der Waals surface area contributed by atoms with E-state index in [1.54, 1.807) is 11.0 Å². The van der Waals surface area contributed by atoms with Crippen LogP contribution in [0.25, 0.3) is 5.69 Å². The summed E-state index contributed by atoms with van der Waals surface area (Å²) in [6.07, 6.45) is -0.566. The molecule has 2 heterocycles. The Kier molecular flexibility index (Phi) is 9.64. The third kappa shape index (κ3) is 7.07. The molecule has 0 bridgehead atoms. The summed E-state index contributed by atoms with van der Waals surface area (Å²) in [6.45, 7) is 8.00. The van der Waals surface area contributed by atoms with Gasteiger partial charge < -0.3 is 19.6 Å². The van der Waals surface area contributed by atoms with E-state index in [-0.39, 0.29) is 42.8 Å². The molecular weight excluding hydrogens is 493 g/mol. The molecule has 37 heavy (non-hydrogen) atoms. The van der Waals surface area contributed by atoms with Gasteiger partial charge in [0.25, 0.3) is 5.91 Å². The molecule has 2 aromatic rings. The summed E-state index contributed by atoms with van der Waals surface area (Å²) in [5, 5.41) is 17.1. The molecule has 1 aromatic carbocycles. The molecule has 2 amide bonds. The Morgan fingerprint density at radius 3 is 2.59 bits per heavy atom. The van der Waals surface area contributed by atoms with E-state index < -0.39 is 12.1 Å². The maximum Gasteiger partial charge on any atom is 0.471 e. The third-order valence-corrected chi connectivity index (χ3v) is 5.90. The number of β-amino-alcohol motifs (C(OH)–C–C–N with tert-alkyl or cyclic N) is 1. The van der Waals surface area contributed by atoms with Crippen molar-refractivity contribution in [2.75, 3.05) is 57.4 Å². The molecule has 0 spiro atoms. The Labute approximate surface area is 212 Å². The van der Waals surface area contributed by atoms with Crippen LogP contribution in [0.3, 0.4) is 0 Å². The number of unbranched alkanes of at least 4 members (excludes halogenated alkanes) is 1. The highest BCUT2D eigenvalue weighted by atomic mass is 19.4. The minimum atomic E-state index is -5.02. The zero-order valence-electron chi connectivity index (χ0n) is 20.7. The van der Waals surface area contributed by atoms with Crippen molar-refractivity contribution < 1.29 is 32.6 Å². The Morgan fingerprint density at radius 1 is 1.24 bits per heavy atom. The number of hydrogen-bond donors (Lipinski definition) is 1. The van der Waals surface area contributed by atoms with Crippen molar-refractivity contribution >= 4 is 17.5 Å². The SMILES string of the molecule is C=CCCCOc1cc(N(CC)C(=O)C(F)(F)F)ccc1-n1cc(C(=O)N2CCN(CCO)CC2)nn1. The van der Waals surface area contributed by atoms with E-state index in [1.165, 1.54) is 36.0 Å². The Balaban J connectivity index is 1.85. The van der Waals surface area contributed by atoms with Gasteiger partial charge in [0, 0.05) is 51.0 Å². The maximum atomic E-state index is 13.1. The van der Waals surface area contributed by atoms with Crippen molar-refractivity contribution in [1.29, 1.82) is 0 Å². The number of rotatable bonds is 11. The molecular formula is C24H31F3N6O4. The van der Waals surface area contributed by atoms with Crippen molar-refractivity contribution in [2.24, 2.45) is 0 Å². The largest absolute Gasteiger partial charge is 0.491 e. The first-order valence-electron chi connectivity index (χ1n) is 12.0. The van der Waals surface area contributed by atoms with Crippen molar-refractivity contribution in [2.45, 2.75) is 25.9 Å². The fourth-order valence-electron chi connectivity index (χ4n) is 3.94. The standard InChI is InChI=1S/C24H31F3N6O4/c1-3-5-6-15-37-21-16-18(32(4-2)23(36)24(25,26)27)7-8-20(21)33-17-19(28-29-33)22(35)31-11-9-30(10-12-31)13-14-34/h3,7-8,16-17,34H,1,4-6,9-15H2,2H3. The number of piperazine rings is 1. The first-order valence-corrected chi connectivity index (χ1v) is 12.0. The molecule has 3 rings (SSSR count). The monoisotopic (exact) mass is 524 g/mol. The van der Waals surface area contributed by atoms with Crippen LogP contribution >= 0.6 is 0 Å². The Morgan fingerprint density at radius 2 is 1.97 bits per heavy atom. The topological polar surface area (TPSA) is 104 Å². The quantitative estimate of drug-likeness (QED) is 0.355. The highest BCUT2D eigenvalue weighted by Crippen LogP contribution is 2.31. The van der Waals surface area contributed by atoms with E-state index in [4.69, 9.17) is 9.84 Å². The minimum Gasteiger partial charge on any atom is -0.491 e. The van der Waals surface area contributed by atoms with Gasteiger partial charge in [-0.1, -0.05) is 11.3 Å². The maximum absolute atomic E-state index is 13.1. The molecule has 202 valence electrons. The number of aliphatic hydroxyl groups is 1. The van der Waals surface area contributed by atoms with Crippen LogP contribution in [0.2, 0.25) is 0 Å². The summed E-state index contributed by atoms with van der Waals surface area (Å²) >= 11 is 0. The molecule has 1 N–H and O–H groups in total. The predicted octanol–water partition coefficient (Wildman–Crippen LogP) is 2.28. The van der Waals surface area contributed by atoms with Crippen LogP contribution in [0.15, 0.2) is 37.1 Å². The summed E-state index contributed by atoms with van der Waals surface area (Å²) in [4.78, 5) is 29.2. The van der Waals surface area contributed by atoms with Crippen molar-refractivity contribution in [3.8, 4) is 11.4 Å². The highest BCUT2D eigenvalue weighted by Gasteiger charge is 2.42. The van der Waals surface area contributed by atoms with Gasteiger partial charge in [0.1, 0.15) is 11.4 Å². The van der Waals surface area contributed by atoms with Gasteiger partial charge in [0.2, 0.25) is 0 Å². The van der Waals surface area contributed by atoms with E-state index >= 15 is 0 Å². The molecule has 0 unspecified atom stereocenters. The second-order valence-electron chi connectivity index (χ2n) is 8.38. The molecule has 1 fully saturated rings. The average Bonchev–Trinajstić information content (AvgIpc) is 3.37. The number of aliphatic hydroxyl groups excluding tert-OH is 1. The van der Waals surface area contributed by atoms with Gasteiger partial charge in [0.15, 0.2) is 5.69 Å². The number of allylic oxidation sites excluding steroid dienone is 1. The first kappa shape index (κ1) is 28.1. The second-order valence-corrected chi connectivity index (χ2v) is 8.38. The lowest BCUT2D eigenvalue weighted by atomic mass is 10.2. The lowest BCUT2D eigenvalue weighted by Crippen LogP contribution is -2.49. The van der Waals surface area contributed by atoms with Gasteiger partial charge in [-0.05, 0) is 31.9 Å². The molecule has 1 aliphatic rings. The van der Waals surface area contributed by atoms with Gasteiger partial charge in [-0.2, -0.15) is 13.2 Å². The molecule has 0 aliphatic carbocycles. The lowest BCUT2D eigenvalue weighted by molar-refractivity contribution is -0.170. The number of nitrogens with zero attached hydrogens (tertiary/aromatic N) is 6. The van der Waals surface area contributed by atoms with E-state index in [2.05, 4.69) is 21.8 Å². The number of anilines is 1. The van der Waals surface area contributed by atoms with Crippen molar-refractivity contribution in [3.63, 3.8) is 0 Å². The number of aromatic nitrogens is 3. The van der Waals surface area contributed by atoms with E-state index in [0.717, 1.165) is 0 Å². The zero-order chi connectivity index (χ0) is 27.0. The van der Waals surface area contributed by atoms with E-state index in [0.29, 0.717) is 56.2 Å². The number of carbonyl (C=O) groups excluding carboxylic acids is 2. The molecule has 13 heteroatoms. The van der Waals surface area contributed by atoms with Crippen LogP contribution < -0.4 is 9.64 Å². The average molecular weight is 525 g/mol. The fraction of sp³-hybridized carbons (Fsp3) is 0.500. The Hall–Kier alpha value is -3.45. The van der Waals surface area contributed by atoms with Crippen molar-refractivity contribution in [3.05, 3.63) is 42.7 Å². The Bertz CT molecular complexity index is 1080. The van der Waals surface area contributed by atoms with Gasteiger partial charge in [-0.15, -0.1) is 11.7 Å². The molecule has 1 aromatic heterocycles. The summed E-state index contributed by atoms with van der Waals surface area (Å²) in [5.41, 5.74) is 0.487. The molecule has 10 nitrogen and oxygen atoms in total. The van der Waals surface area contributed by atoms with Gasteiger partial charge in [-0.3, -0.25) is 14.5 Å². The summed E-state index contributed by atoms with van der Waals surface area (Å²) < 4.78 is 46.4. The number of alkyl halides is 3. The van der Waals surface area contributed by atoms with Gasteiger partial charge in [-0.25, -0.2) is 4.68 Å². The van der Waals surface area contributed by atoms with Crippen LogP contribution in [0.5, 0.6) is 5.75 Å². The number of halogens is 3.